The summed E-state index contributed by atoms with van der Waals surface area (Å²) in [7, 11) is 0. The molecule has 2 N–H and O–H groups in total. The maximum atomic E-state index is 12.2. The zero-order valence-corrected chi connectivity index (χ0v) is 15.1. The molecule has 1 saturated heterocycles. The van der Waals surface area contributed by atoms with Crippen LogP contribution in [0.2, 0.25) is 0 Å². The zero-order valence-electron chi connectivity index (χ0n) is 14.3. The van der Waals surface area contributed by atoms with Gasteiger partial charge in [0.15, 0.2) is 5.17 Å². The Bertz CT molecular complexity index is 1080. The molecule has 3 rings (SSSR count). The van der Waals surface area contributed by atoms with Crippen LogP contribution >= 0.6 is 11.8 Å². The third-order valence-electron chi connectivity index (χ3n) is 3.79. The number of amides is 1. The van der Waals surface area contributed by atoms with E-state index in [0.717, 1.165) is 29.5 Å². The topological polar surface area (TPSA) is 148 Å². The Kier molecular flexibility index (Phi) is 5.09. The summed E-state index contributed by atoms with van der Waals surface area (Å²) in [5, 5.41) is 34.9. The maximum Gasteiger partial charge on any atom is 0.318 e. The van der Waals surface area contributed by atoms with Gasteiger partial charge < -0.3 is 10.4 Å². The number of nitrogens with zero attached hydrogens (tertiary/aromatic N) is 3. The highest BCUT2D eigenvalue weighted by Crippen LogP contribution is 2.37. The summed E-state index contributed by atoms with van der Waals surface area (Å²) in [6, 6.07) is 8.89. The fourth-order valence-electron chi connectivity index (χ4n) is 2.40. The standard InChI is InChI=1S/C17H12N4O6S/c1-9-4-2-3-5-12(9)18-17-19-16(23)14(28-17)7-10-6-11(20(24)25)8-13(15(10)22)21(26)27/h2-8,22H,1H3,(H,18,19,23)/b14-7-. The molecule has 0 aromatic heterocycles. The molecule has 0 atom stereocenters. The number of nitro benzene ring substituents is 2. The van der Waals surface area contributed by atoms with Crippen molar-refractivity contribution in [2.75, 3.05) is 0 Å². The second-order valence-electron chi connectivity index (χ2n) is 5.69. The number of aliphatic imine (C=N–C) groups is 1. The predicted octanol–water partition coefficient (Wildman–Crippen LogP) is 3.41. The molecule has 2 aromatic rings. The van der Waals surface area contributed by atoms with Gasteiger partial charge in [0, 0.05) is 11.6 Å². The number of thioether (sulfide) groups is 1. The van der Waals surface area contributed by atoms with Crippen LogP contribution in [-0.4, -0.2) is 26.0 Å². The van der Waals surface area contributed by atoms with Gasteiger partial charge in [-0.2, -0.15) is 0 Å². The number of benzene rings is 2. The first-order chi connectivity index (χ1) is 13.3. The van der Waals surface area contributed by atoms with Crippen LogP contribution in [0.5, 0.6) is 5.75 Å². The molecule has 1 amide bonds. The summed E-state index contributed by atoms with van der Waals surface area (Å²) in [6.07, 6.45) is 1.15. The number of amidine groups is 1. The SMILES string of the molecule is Cc1ccccc1N=C1NC(=O)/C(=C/c2cc([N+](=O)[O-])cc([N+](=O)[O-])c2O)S1. The van der Waals surface area contributed by atoms with Crippen LogP contribution in [0.25, 0.3) is 6.08 Å². The fourth-order valence-corrected chi connectivity index (χ4v) is 3.23. The van der Waals surface area contributed by atoms with Gasteiger partial charge in [0.25, 0.3) is 11.6 Å². The van der Waals surface area contributed by atoms with Crippen molar-refractivity contribution < 1.29 is 19.7 Å². The third-order valence-corrected chi connectivity index (χ3v) is 4.70. The highest BCUT2D eigenvalue weighted by molar-refractivity contribution is 8.18. The molecule has 1 fully saturated rings. The van der Waals surface area contributed by atoms with E-state index in [9.17, 15) is 30.1 Å². The molecular formula is C17H12N4O6S. The highest BCUT2D eigenvalue weighted by atomic mass is 32.2. The average molecular weight is 400 g/mol. The number of phenolic OH excluding ortho intramolecular Hbond substituents is 1. The number of carbonyl (C=O) groups is 1. The Balaban J connectivity index is 2.00. The van der Waals surface area contributed by atoms with E-state index < -0.39 is 32.9 Å². The van der Waals surface area contributed by atoms with Crippen molar-refractivity contribution in [1.29, 1.82) is 0 Å². The van der Waals surface area contributed by atoms with Crippen molar-refractivity contribution in [1.82, 2.24) is 5.32 Å². The van der Waals surface area contributed by atoms with E-state index in [2.05, 4.69) is 10.3 Å². The monoisotopic (exact) mass is 400 g/mol. The fraction of sp³-hybridized carbons (Fsp3) is 0.0588. The molecule has 10 nitrogen and oxygen atoms in total. The number of hydrogen-bond donors (Lipinski definition) is 2. The van der Waals surface area contributed by atoms with Crippen LogP contribution in [-0.2, 0) is 4.79 Å². The number of non-ortho nitro benzene ring substituents is 1. The maximum absolute atomic E-state index is 12.2. The number of aromatic hydroxyl groups is 1. The number of aryl methyl sites for hydroxylation is 1. The number of phenols is 1. The minimum Gasteiger partial charge on any atom is -0.502 e. The van der Waals surface area contributed by atoms with Crippen LogP contribution in [0.1, 0.15) is 11.1 Å². The molecular weight excluding hydrogens is 388 g/mol. The summed E-state index contributed by atoms with van der Waals surface area (Å²) < 4.78 is 0. The minimum absolute atomic E-state index is 0.0810. The highest BCUT2D eigenvalue weighted by Gasteiger charge is 2.27. The first-order valence-corrected chi connectivity index (χ1v) is 8.59. The van der Waals surface area contributed by atoms with Gasteiger partial charge in [0.05, 0.1) is 26.5 Å². The van der Waals surface area contributed by atoms with Gasteiger partial charge in [-0.1, -0.05) is 18.2 Å². The number of hydrogen-bond acceptors (Lipinski definition) is 8. The molecule has 142 valence electrons. The van der Waals surface area contributed by atoms with E-state index in [1.807, 2.05) is 19.1 Å². The zero-order chi connectivity index (χ0) is 20.4. The van der Waals surface area contributed by atoms with Gasteiger partial charge in [-0.15, -0.1) is 0 Å². The van der Waals surface area contributed by atoms with Gasteiger partial charge in [0.2, 0.25) is 5.75 Å². The van der Waals surface area contributed by atoms with E-state index in [1.165, 1.54) is 0 Å². The summed E-state index contributed by atoms with van der Waals surface area (Å²) >= 11 is 0.954. The summed E-state index contributed by atoms with van der Waals surface area (Å²) in [4.78, 5) is 36.9. The smallest absolute Gasteiger partial charge is 0.318 e. The normalized spacial score (nSPS) is 16.4. The van der Waals surface area contributed by atoms with E-state index in [-0.39, 0.29) is 15.6 Å². The first-order valence-electron chi connectivity index (χ1n) is 7.77. The second kappa shape index (κ2) is 7.48. The Morgan fingerprint density at radius 1 is 1.18 bits per heavy atom. The molecule has 2 aromatic carbocycles. The minimum atomic E-state index is -0.933. The van der Waals surface area contributed by atoms with Crippen molar-refractivity contribution >= 4 is 46.0 Å². The average Bonchev–Trinajstić information content (AvgIpc) is 2.97. The number of rotatable bonds is 4. The molecule has 1 aliphatic rings. The first kappa shape index (κ1) is 19.0. The lowest BCUT2D eigenvalue weighted by Crippen LogP contribution is -2.19. The van der Waals surface area contributed by atoms with E-state index >= 15 is 0 Å². The number of nitro groups is 2. The number of nitrogens with one attached hydrogen (secondary N) is 1. The molecule has 1 heterocycles. The van der Waals surface area contributed by atoms with E-state index in [1.54, 1.807) is 12.1 Å². The Labute approximate surface area is 161 Å². The molecule has 28 heavy (non-hydrogen) atoms. The Morgan fingerprint density at radius 3 is 2.54 bits per heavy atom. The van der Waals surface area contributed by atoms with E-state index in [4.69, 9.17) is 0 Å². The Hall–Kier alpha value is -3.73. The van der Waals surface area contributed by atoms with Crippen LogP contribution in [0.3, 0.4) is 0 Å². The molecule has 0 bridgehead atoms. The van der Waals surface area contributed by atoms with Crippen LogP contribution < -0.4 is 5.32 Å². The summed E-state index contributed by atoms with van der Waals surface area (Å²) in [5.41, 5.74) is -0.0582. The molecule has 1 aliphatic heterocycles. The third kappa shape index (κ3) is 3.83. The number of para-hydroxylation sites is 1. The van der Waals surface area contributed by atoms with Crippen LogP contribution in [0.15, 0.2) is 46.3 Å². The molecule has 0 saturated carbocycles. The molecule has 0 radical (unpaired) electrons. The Morgan fingerprint density at radius 2 is 1.89 bits per heavy atom. The number of carbonyl (C=O) groups excluding carboxylic acids is 1. The van der Waals surface area contributed by atoms with Crippen molar-refractivity contribution in [3.63, 3.8) is 0 Å². The quantitative estimate of drug-likeness (QED) is 0.454. The second-order valence-corrected chi connectivity index (χ2v) is 6.72. The van der Waals surface area contributed by atoms with Gasteiger partial charge in [0.1, 0.15) is 0 Å². The van der Waals surface area contributed by atoms with Gasteiger partial charge in [-0.25, -0.2) is 4.99 Å². The predicted molar refractivity (Wildman–Crippen MR) is 103 cm³/mol. The summed E-state index contributed by atoms with van der Waals surface area (Å²) in [5.74, 6) is -1.30. The molecule has 0 spiro atoms. The van der Waals surface area contributed by atoms with Crippen molar-refractivity contribution in [3.05, 3.63) is 72.7 Å². The molecule has 0 unspecified atom stereocenters. The summed E-state index contributed by atoms with van der Waals surface area (Å²) in [6.45, 7) is 1.86. The van der Waals surface area contributed by atoms with Gasteiger partial charge in [-0.05, 0) is 36.4 Å². The molecule has 0 aliphatic carbocycles. The van der Waals surface area contributed by atoms with Gasteiger partial charge >= 0.3 is 5.69 Å². The van der Waals surface area contributed by atoms with Gasteiger partial charge in [-0.3, -0.25) is 25.0 Å². The van der Waals surface area contributed by atoms with Crippen molar-refractivity contribution in [2.24, 2.45) is 4.99 Å². The lowest BCUT2D eigenvalue weighted by Gasteiger charge is -2.02. The van der Waals surface area contributed by atoms with Crippen LogP contribution in [0, 0.1) is 27.2 Å². The molecule has 11 heteroatoms. The lowest BCUT2D eigenvalue weighted by molar-refractivity contribution is -0.394. The van der Waals surface area contributed by atoms with E-state index in [0.29, 0.717) is 11.8 Å². The van der Waals surface area contributed by atoms with Crippen LogP contribution in [0.4, 0.5) is 17.1 Å². The van der Waals surface area contributed by atoms with Crippen molar-refractivity contribution in [2.45, 2.75) is 6.92 Å². The lowest BCUT2D eigenvalue weighted by atomic mass is 10.1. The largest absolute Gasteiger partial charge is 0.502 e. The van der Waals surface area contributed by atoms with Crippen molar-refractivity contribution in [3.8, 4) is 5.75 Å².